The van der Waals surface area contributed by atoms with Gasteiger partial charge in [0.15, 0.2) is 5.60 Å². The van der Waals surface area contributed by atoms with E-state index in [0.29, 0.717) is 11.1 Å². The van der Waals surface area contributed by atoms with E-state index in [1.165, 1.54) is 19.9 Å². The highest BCUT2D eigenvalue weighted by molar-refractivity contribution is 5.89. The van der Waals surface area contributed by atoms with Gasteiger partial charge in [-0.05, 0) is 25.3 Å². The van der Waals surface area contributed by atoms with Crippen LogP contribution >= 0.6 is 0 Å². The van der Waals surface area contributed by atoms with Crippen molar-refractivity contribution in [3.05, 3.63) is 36.4 Å². The fourth-order valence-electron chi connectivity index (χ4n) is 1.66. The molecule has 0 aliphatic carbocycles. The van der Waals surface area contributed by atoms with Gasteiger partial charge in [0, 0.05) is 11.5 Å². The number of carboxylic acid groups (broad SMARTS) is 1. The van der Waals surface area contributed by atoms with Crippen molar-refractivity contribution in [1.82, 2.24) is 0 Å². The summed E-state index contributed by atoms with van der Waals surface area (Å²) in [4.78, 5) is 11.0. The van der Waals surface area contributed by atoms with Crippen LogP contribution in [0, 0.1) is 0 Å². The number of benzene rings is 2. The molecule has 0 bridgehead atoms. The second kappa shape index (κ2) is 4.22. The van der Waals surface area contributed by atoms with Crippen LogP contribution in [0.2, 0.25) is 0 Å². The molecular formula is C14H14O4. The molecule has 0 saturated heterocycles. The zero-order valence-electron chi connectivity index (χ0n) is 10.2. The van der Waals surface area contributed by atoms with E-state index in [0.717, 1.165) is 5.39 Å². The Balaban J connectivity index is 2.44. The fraction of sp³-hybridized carbons (Fsp3) is 0.214. The van der Waals surface area contributed by atoms with E-state index in [2.05, 4.69) is 0 Å². The van der Waals surface area contributed by atoms with Gasteiger partial charge in [-0.25, -0.2) is 4.79 Å². The maximum atomic E-state index is 11.0. The number of hydrogen-bond donors (Lipinski definition) is 2. The molecule has 4 heteroatoms. The maximum absolute atomic E-state index is 11.0. The number of aliphatic carboxylic acids is 1. The number of fused-ring (bicyclic) bond motifs is 1. The van der Waals surface area contributed by atoms with Crippen molar-refractivity contribution in [1.29, 1.82) is 0 Å². The zero-order valence-corrected chi connectivity index (χ0v) is 10.2. The lowest BCUT2D eigenvalue weighted by Gasteiger charge is -2.21. The SMILES string of the molecule is CC(C)(Oc1cc(O)c2ccccc2c1)C(=O)O. The molecule has 4 nitrogen and oxygen atoms in total. The van der Waals surface area contributed by atoms with E-state index < -0.39 is 11.6 Å². The Labute approximate surface area is 104 Å². The third-order valence-corrected chi connectivity index (χ3v) is 2.70. The van der Waals surface area contributed by atoms with Crippen molar-refractivity contribution < 1.29 is 19.7 Å². The molecule has 0 spiro atoms. The molecule has 0 saturated carbocycles. The van der Waals surface area contributed by atoms with Gasteiger partial charge in [0.2, 0.25) is 0 Å². The Kier molecular flexibility index (Phi) is 2.87. The van der Waals surface area contributed by atoms with E-state index in [1.807, 2.05) is 18.2 Å². The summed E-state index contributed by atoms with van der Waals surface area (Å²) in [5.41, 5.74) is -1.34. The number of carboxylic acids is 1. The summed E-state index contributed by atoms with van der Waals surface area (Å²) in [5, 5.41) is 20.4. The molecule has 0 aliphatic heterocycles. The van der Waals surface area contributed by atoms with Crippen LogP contribution in [0.25, 0.3) is 10.8 Å². The number of carbonyl (C=O) groups is 1. The first kappa shape index (κ1) is 12.2. The highest BCUT2D eigenvalue weighted by Gasteiger charge is 2.29. The van der Waals surface area contributed by atoms with Gasteiger partial charge in [-0.2, -0.15) is 0 Å². The zero-order chi connectivity index (χ0) is 13.3. The van der Waals surface area contributed by atoms with Crippen LogP contribution in [0.4, 0.5) is 0 Å². The quantitative estimate of drug-likeness (QED) is 0.873. The molecular weight excluding hydrogens is 232 g/mol. The largest absolute Gasteiger partial charge is 0.507 e. The Morgan fingerprint density at radius 1 is 1.22 bits per heavy atom. The molecule has 0 aromatic heterocycles. The van der Waals surface area contributed by atoms with Crippen LogP contribution in [0.5, 0.6) is 11.5 Å². The number of aromatic hydroxyl groups is 1. The summed E-state index contributed by atoms with van der Waals surface area (Å²) in [6.45, 7) is 2.92. The van der Waals surface area contributed by atoms with Gasteiger partial charge < -0.3 is 14.9 Å². The summed E-state index contributed by atoms with van der Waals surface area (Å²) in [5.74, 6) is -0.655. The molecule has 18 heavy (non-hydrogen) atoms. The minimum atomic E-state index is -1.34. The van der Waals surface area contributed by atoms with Gasteiger partial charge in [0.1, 0.15) is 11.5 Å². The lowest BCUT2D eigenvalue weighted by atomic mass is 10.1. The van der Waals surface area contributed by atoms with Gasteiger partial charge in [-0.3, -0.25) is 0 Å². The second-order valence-corrected chi connectivity index (χ2v) is 4.58. The van der Waals surface area contributed by atoms with Crippen molar-refractivity contribution in [2.24, 2.45) is 0 Å². The van der Waals surface area contributed by atoms with Crippen LogP contribution in [0.15, 0.2) is 36.4 Å². The minimum Gasteiger partial charge on any atom is -0.507 e. The van der Waals surface area contributed by atoms with Crippen molar-refractivity contribution in [2.45, 2.75) is 19.4 Å². The lowest BCUT2D eigenvalue weighted by molar-refractivity contribution is -0.152. The Morgan fingerprint density at radius 3 is 2.56 bits per heavy atom. The molecule has 0 atom stereocenters. The molecule has 0 heterocycles. The fourth-order valence-corrected chi connectivity index (χ4v) is 1.66. The Bertz CT molecular complexity index is 602. The molecule has 0 aliphatic rings. The van der Waals surface area contributed by atoms with Gasteiger partial charge in [0.25, 0.3) is 0 Å². The van der Waals surface area contributed by atoms with Crippen molar-refractivity contribution in [3.8, 4) is 11.5 Å². The standard InChI is InChI=1S/C14H14O4/c1-14(2,13(16)17)18-10-7-9-5-3-4-6-11(9)12(15)8-10/h3-8,15H,1-2H3,(H,16,17). The normalized spacial score (nSPS) is 11.4. The highest BCUT2D eigenvalue weighted by atomic mass is 16.5. The molecule has 94 valence electrons. The van der Waals surface area contributed by atoms with Crippen LogP contribution in [0.3, 0.4) is 0 Å². The first-order valence-electron chi connectivity index (χ1n) is 5.54. The summed E-state index contributed by atoms with van der Waals surface area (Å²) in [7, 11) is 0. The third kappa shape index (κ3) is 2.22. The van der Waals surface area contributed by atoms with E-state index in [1.54, 1.807) is 12.1 Å². The van der Waals surface area contributed by atoms with E-state index in [-0.39, 0.29) is 5.75 Å². The monoisotopic (exact) mass is 246 g/mol. The summed E-state index contributed by atoms with van der Waals surface area (Å²) in [6.07, 6.45) is 0. The van der Waals surface area contributed by atoms with E-state index in [9.17, 15) is 9.90 Å². The predicted molar refractivity (Wildman–Crippen MR) is 68.0 cm³/mol. The number of phenolic OH excluding ortho intramolecular Hbond substituents is 1. The number of phenols is 1. The predicted octanol–water partition coefficient (Wildman–Crippen LogP) is 2.79. The molecule has 2 rings (SSSR count). The Morgan fingerprint density at radius 2 is 1.89 bits per heavy atom. The van der Waals surface area contributed by atoms with E-state index >= 15 is 0 Å². The number of hydrogen-bond acceptors (Lipinski definition) is 3. The van der Waals surface area contributed by atoms with Gasteiger partial charge in [-0.15, -0.1) is 0 Å². The van der Waals surface area contributed by atoms with Crippen molar-refractivity contribution in [3.63, 3.8) is 0 Å². The first-order valence-corrected chi connectivity index (χ1v) is 5.54. The lowest BCUT2D eigenvalue weighted by Crippen LogP contribution is -2.37. The summed E-state index contributed by atoms with van der Waals surface area (Å²) in [6, 6.07) is 10.4. The van der Waals surface area contributed by atoms with Gasteiger partial charge in [-0.1, -0.05) is 24.3 Å². The third-order valence-electron chi connectivity index (χ3n) is 2.70. The number of ether oxygens (including phenoxy) is 1. The first-order chi connectivity index (χ1) is 8.40. The average molecular weight is 246 g/mol. The minimum absolute atomic E-state index is 0.0734. The van der Waals surface area contributed by atoms with Crippen molar-refractivity contribution in [2.75, 3.05) is 0 Å². The highest BCUT2D eigenvalue weighted by Crippen LogP contribution is 2.31. The summed E-state index contributed by atoms with van der Waals surface area (Å²) < 4.78 is 5.39. The van der Waals surface area contributed by atoms with Crippen LogP contribution < -0.4 is 4.74 Å². The van der Waals surface area contributed by atoms with Gasteiger partial charge >= 0.3 is 5.97 Å². The van der Waals surface area contributed by atoms with Crippen LogP contribution in [-0.2, 0) is 4.79 Å². The Hall–Kier alpha value is -2.23. The van der Waals surface area contributed by atoms with Crippen molar-refractivity contribution >= 4 is 16.7 Å². The smallest absolute Gasteiger partial charge is 0.347 e. The molecule has 0 amide bonds. The molecule has 2 N–H and O–H groups in total. The van der Waals surface area contributed by atoms with Crippen LogP contribution in [-0.4, -0.2) is 21.8 Å². The summed E-state index contributed by atoms with van der Waals surface area (Å²) >= 11 is 0. The second-order valence-electron chi connectivity index (χ2n) is 4.58. The molecule has 2 aromatic carbocycles. The van der Waals surface area contributed by atoms with Gasteiger partial charge in [0.05, 0.1) is 0 Å². The van der Waals surface area contributed by atoms with Crippen LogP contribution in [0.1, 0.15) is 13.8 Å². The average Bonchev–Trinajstić information content (AvgIpc) is 2.28. The molecule has 0 radical (unpaired) electrons. The molecule has 0 unspecified atom stereocenters. The topological polar surface area (TPSA) is 66.8 Å². The van der Waals surface area contributed by atoms with E-state index in [4.69, 9.17) is 9.84 Å². The molecule has 2 aromatic rings. The number of rotatable bonds is 3. The maximum Gasteiger partial charge on any atom is 0.347 e. The molecule has 0 fully saturated rings.